The van der Waals surface area contributed by atoms with Crippen LogP contribution in [0, 0.1) is 18.3 Å². The van der Waals surface area contributed by atoms with Crippen molar-refractivity contribution in [3.05, 3.63) is 89.5 Å². The molecule has 0 fully saturated rings. The van der Waals surface area contributed by atoms with E-state index in [1.54, 1.807) is 0 Å². The molecule has 3 heteroatoms. The summed E-state index contributed by atoms with van der Waals surface area (Å²) in [5, 5.41) is 9.06. The smallest absolute Gasteiger partial charge is 0.206 e. The molecule has 1 atom stereocenters. The number of aryl methyl sites for hydroxylation is 1. The molecular weight excluding hydrogens is 318 g/mol. The van der Waals surface area contributed by atoms with Crippen molar-refractivity contribution in [3.8, 4) is 6.07 Å². The Hall–Kier alpha value is -3.22. The lowest BCUT2D eigenvalue weighted by Gasteiger charge is -2.34. The molecule has 0 amide bonds. The molecule has 0 N–H and O–H groups in total. The van der Waals surface area contributed by atoms with Crippen LogP contribution in [0.4, 0.5) is 17.1 Å². The molecule has 0 bridgehead atoms. The second-order valence-electron chi connectivity index (χ2n) is 6.99. The van der Waals surface area contributed by atoms with Gasteiger partial charge in [-0.05, 0) is 42.8 Å². The van der Waals surface area contributed by atoms with E-state index in [0.717, 1.165) is 12.4 Å². The van der Waals surface area contributed by atoms with Crippen molar-refractivity contribution in [3.63, 3.8) is 0 Å². The van der Waals surface area contributed by atoms with E-state index in [4.69, 9.17) is 5.26 Å². The number of nitriles is 1. The summed E-state index contributed by atoms with van der Waals surface area (Å²) in [6.45, 7) is 2.92. The summed E-state index contributed by atoms with van der Waals surface area (Å²) in [5.74, 6) is 0. The Bertz CT molecular complexity index is 1030. The molecule has 3 aromatic rings. The van der Waals surface area contributed by atoms with Crippen LogP contribution in [0.1, 0.15) is 16.7 Å². The van der Waals surface area contributed by atoms with E-state index >= 15 is 0 Å². The molecule has 1 unspecified atom stereocenters. The largest absolute Gasteiger partial charge is 0.285 e. The van der Waals surface area contributed by atoms with Gasteiger partial charge in [0, 0.05) is 18.2 Å². The van der Waals surface area contributed by atoms with Crippen LogP contribution in [0.25, 0.3) is 0 Å². The minimum atomic E-state index is 0.683. The Morgan fingerprint density at radius 2 is 1.69 bits per heavy atom. The van der Waals surface area contributed by atoms with E-state index in [0.29, 0.717) is 10.0 Å². The van der Waals surface area contributed by atoms with Gasteiger partial charge in [-0.25, -0.2) is 4.48 Å². The Balaban J connectivity index is 1.89. The number of para-hydroxylation sites is 1. The van der Waals surface area contributed by atoms with Crippen molar-refractivity contribution in [2.24, 2.45) is 0 Å². The van der Waals surface area contributed by atoms with Gasteiger partial charge in [-0.3, -0.25) is 0 Å². The number of quaternary nitrogens is 1. The first-order valence-corrected chi connectivity index (χ1v) is 8.74. The second kappa shape index (κ2) is 6.25. The highest BCUT2D eigenvalue weighted by molar-refractivity contribution is 5.88. The summed E-state index contributed by atoms with van der Waals surface area (Å²) in [5.41, 5.74) is 6.81. The summed E-state index contributed by atoms with van der Waals surface area (Å²) >= 11 is 0. The number of benzene rings is 3. The maximum Gasteiger partial charge on any atom is 0.285 e. The predicted molar refractivity (Wildman–Crippen MR) is 106 cm³/mol. The second-order valence-corrected chi connectivity index (χ2v) is 6.99. The summed E-state index contributed by atoms with van der Waals surface area (Å²) in [6, 6.07) is 27.3. The molecule has 0 saturated carbocycles. The molecule has 4 rings (SSSR count). The van der Waals surface area contributed by atoms with E-state index in [9.17, 15) is 0 Å². The maximum absolute atomic E-state index is 9.06. The minimum absolute atomic E-state index is 0.683. The van der Waals surface area contributed by atoms with Crippen LogP contribution in [0.5, 0.6) is 0 Å². The first kappa shape index (κ1) is 16.3. The number of hydrogen-bond acceptors (Lipinski definition) is 1. The minimum Gasteiger partial charge on any atom is -0.206 e. The number of fused-ring (bicyclic) bond motifs is 1. The molecule has 3 aromatic carbocycles. The summed E-state index contributed by atoms with van der Waals surface area (Å²) < 4.78 is 2.98. The van der Waals surface area contributed by atoms with Crippen LogP contribution in [0.3, 0.4) is 0 Å². The third-order valence-corrected chi connectivity index (χ3v) is 5.10. The summed E-state index contributed by atoms with van der Waals surface area (Å²) in [7, 11) is 2.26. The number of nitrogens with zero attached hydrogens (tertiary/aromatic N) is 3. The molecule has 1 heterocycles. The number of hydrogen-bond donors (Lipinski definition) is 0. The average Bonchev–Trinajstić information content (AvgIpc) is 2.68. The fraction of sp³-hybridized carbons (Fsp3) is 0.130. The zero-order valence-electron chi connectivity index (χ0n) is 15.1. The molecule has 0 saturated heterocycles. The van der Waals surface area contributed by atoms with Gasteiger partial charge in [0.1, 0.15) is 11.3 Å². The molecule has 1 aliphatic heterocycles. The van der Waals surface area contributed by atoms with Crippen LogP contribution >= 0.6 is 0 Å². The van der Waals surface area contributed by atoms with Crippen LogP contribution in [-0.4, -0.2) is 24.5 Å². The molecule has 0 radical (unpaired) electrons. The van der Waals surface area contributed by atoms with Crippen molar-refractivity contribution in [2.45, 2.75) is 6.92 Å². The summed E-state index contributed by atoms with van der Waals surface area (Å²) in [4.78, 5) is 0. The van der Waals surface area contributed by atoms with E-state index in [1.165, 1.54) is 22.5 Å². The topological polar surface area (TPSA) is 26.8 Å². The van der Waals surface area contributed by atoms with Gasteiger partial charge in [-0.2, -0.15) is 5.26 Å². The van der Waals surface area contributed by atoms with Crippen molar-refractivity contribution in [2.75, 3.05) is 13.7 Å². The van der Waals surface area contributed by atoms with Gasteiger partial charge in [0.25, 0.3) is 6.67 Å². The van der Waals surface area contributed by atoms with Crippen molar-refractivity contribution in [1.29, 1.82) is 5.26 Å². The SMILES string of the molecule is Cc1ccc2c(c1)C=[N+](c1ccc(C#N)cc1)C[N+]2(C)c1ccccc1. The Morgan fingerprint density at radius 1 is 0.962 bits per heavy atom. The maximum atomic E-state index is 9.06. The zero-order valence-corrected chi connectivity index (χ0v) is 15.1. The lowest BCUT2D eigenvalue weighted by molar-refractivity contribution is -0.456. The first-order chi connectivity index (χ1) is 12.6. The lowest BCUT2D eigenvalue weighted by Crippen LogP contribution is -2.48. The molecule has 0 spiro atoms. The van der Waals surface area contributed by atoms with Crippen LogP contribution in [-0.2, 0) is 0 Å². The Kier molecular flexibility index (Phi) is 3.91. The van der Waals surface area contributed by atoms with E-state index < -0.39 is 0 Å². The van der Waals surface area contributed by atoms with E-state index in [-0.39, 0.29) is 0 Å². The highest BCUT2D eigenvalue weighted by atomic mass is 15.4. The monoisotopic (exact) mass is 339 g/mol. The molecule has 1 aliphatic rings. The zero-order chi connectivity index (χ0) is 18.1. The molecule has 0 aliphatic carbocycles. The van der Waals surface area contributed by atoms with Gasteiger partial charge in [-0.15, -0.1) is 4.58 Å². The van der Waals surface area contributed by atoms with Crippen LogP contribution in [0.15, 0.2) is 72.8 Å². The van der Waals surface area contributed by atoms with Crippen LogP contribution < -0.4 is 4.48 Å². The standard InChI is InChI=1S/C23H21N3/c1-18-8-13-23-20(14-18)16-25(21-11-9-19(15-24)10-12-21)17-26(23,2)22-6-4-3-5-7-22/h3-14,16H,17H2,1-2H3/q+2. The fourth-order valence-electron chi connectivity index (χ4n) is 3.68. The third-order valence-electron chi connectivity index (χ3n) is 5.10. The van der Waals surface area contributed by atoms with Crippen molar-refractivity contribution < 1.29 is 4.58 Å². The van der Waals surface area contributed by atoms with Gasteiger partial charge in [0.05, 0.1) is 18.7 Å². The van der Waals surface area contributed by atoms with Crippen LogP contribution in [0.2, 0.25) is 0 Å². The highest BCUT2D eigenvalue weighted by Gasteiger charge is 2.39. The van der Waals surface area contributed by atoms with E-state index in [2.05, 4.69) is 79.4 Å². The molecule has 126 valence electrons. The van der Waals surface area contributed by atoms with Crippen molar-refractivity contribution in [1.82, 2.24) is 4.48 Å². The lowest BCUT2D eigenvalue weighted by atomic mass is 10.0. The van der Waals surface area contributed by atoms with Gasteiger partial charge in [-0.1, -0.05) is 24.3 Å². The number of rotatable bonds is 2. The Labute approximate surface area is 154 Å². The van der Waals surface area contributed by atoms with Gasteiger partial charge >= 0.3 is 0 Å². The molecule has 26 heavy (non-hydrogen) atoms. The van der Waals surface area contributed by atoms with Gasteiger partial charge < -0.3 is 0 Å². The molecule has 0 aromatic heterocycles. The molecular formula is C23H21N3+2. The fourth-order valence-corrected chi connectivity index (χ4v) is 3.68. The summed E-state index contributed by atoms with van der Waals surface area (Å²) in [6.07, 6.45) is 2.21. The Morgan fingerprint density at radius 3 is 2.38 bits per heavy atom. The predicted octanol–water partition coefficient (Wildman–Crippen LogP) is 4.87. The first-order valence-electron chi connectivity index (χ1n) is 8.74. The highest BCUT2D eigenvalue weighted by Crippen LogP contribution is 2.38. The average molecular weight is 339 g/mol. The van der Waals surface area contributed by atoms with E-state index in [1.807, 2.05) is 24.3 Å². The van der Waals surface area contributed by atoms with Gasteiger partial charge in [0.2, 0.25) is 5.69 Å². The quantitative estimate of drug-likeness (QED) is 0.483. The van der Waals surface area contributed by atoms with Gasteiger partial charge in [0.15, 0.2) is 11.9 Å². The molecule has 3 nitrogen and oxygen atoms in total. The van der Waals surface area contributed by atoms with Crippen molar-refractivity contribution >= 4 is 23.3 Å². The normalized spacial score (nSPS) is 18.6. The third kappa shape index (κ3) is 2.71.